The molecule has 48 heteroatoms. The zero-order valence-electron chi connectivity index (χ0n) is 67.9. The lowest BCUT2D eigenvalue weighted by molar-refractivity contribution is -0.404. The predicted octanol–water partition coefficient (Wildman–Crippen LogP) is -3.13. The lowest BCUT2D eigenvalue weighted by atomic mass is 9.94. The molecule has 22 fully saturated rings. The summed E-state index contributed by atoms with van der Waals surface area (Å²) in [5.74, 6) is -20.1. The predicted molar refractivity (Wildman–Crippen MR) is 368 cm³/mol. The molecule has 12 bridgehead atoms. The van der Waals surface area contributed by atoms with Crippen LogP contribution in [0.3, 0.4) is 0 Å². The quantitative estimate of drug-likeness (QED) is 0.0469. The number of aldehydes is 1. The van der Waals surface area contributed by atoms with Gasteiger partial charge >= 0.3 is 101 Å². The van der Waals surface area contributed by atoms with Gasteiger partial charge in [-0.1, -0.05) is 0 Å². The molecule has 22 rings (SSSR count). The highest BCUT2D eigenvalue weighted by Crippen LogP contribution is 2.44. The van der Waals surface area contributed by atoms with E-state index < -0.39 is 332 Å². The average Bonchev–Trinajstić information content (AvgIpc) is 0.755. The van der Waals surface area contributed by atoms with Crippen molar-refractivity contribution in [3.63, 3.8) is 0 Å². The molecule has 0 aromatic heterocycles. The Morgan fingerprint density at radius 1 is 0.192 bits per heavy atom. The SMILES string of the molecule is CC(=O)OC[C@H]1O[C@@H]2O[C@H]3[C@H](OC(C)=O)[C@@H](OC(C)=O)[C@@H](O[C@H]4[C@H](OC(C)=O)[C@@H](OC(C)=O)[C@@H](O[C@H]5[C@H](OC(C)=O)[C@@H](OC(C)=O)[C@@H](O[C@H]6[C@H](OC(C)=O)[C@@H](OC(C)=O)[C@@H](O[C@H]7[C@H](OC(C)=O)[C@@H](OC(C)=O)[C@@H](O[C@H]1[C@H](OC(C)=O)[C@H]2OCC=O)O[C@@H]7COC(C)=O)O[C@@H]6COC(C)=O)O[C@@H]5COC(C)=O)O[C@@H]4COC(C)=O)O[C@@H]3COC(C)=O. The Morgan fingerprint density at radius 2 is 0.325 bits per heavy atom. The number of esters is 17. The summed E-state index contributed by atoms with van der Waals surface area (Å²) in [4.78, 5) is 242. The van der Waals surface area contributed by atoms with Crippen LogP contribution in [0.15, 0.2) is 0 Å². The van der Waals surface area contributed by atoms with E-state index in [1.165, 1.54) is 0 Å². The minimum Gasteiger partial charge on any atom is -0.463 e. The van der Waals surface area contributed by atoms with E-state index in [-0.39, 0.29) is 6.29 Å². The van der Waals surface area contributed by atoms with Gasteiger partial charge in [-0.15, -0.1) is 0 Å². The van der Waals surface area contributed by atoms with Crippen molar-refractivity contribution in [3.05, 3.63) is 0 Å². The standard InChI is InChI=1S/C72H96O48/c1-26(74)92-20-43-49-55(98-32(7)80)61(91-19-18-73)67(109-43)115-50-44(21-93-27(2)75)110-69(62(104-38(13)86)56(50)99-33(8)81)117-52-46(23-95-29(4)77)112-71(64(106-40(15)88)58(52)101-35(10)83)119-54-48(25-97-31(6)79)114-72(66(108-42(17)90)60(54)103-37(12)85)120-53-47(24-96-30(5)78)113-70(65(107-41(16)89)59(53)102-36(11)84)118-51-45(22-94-28(3)76)111-68(116-49)63(105-39(14)87)57(51)100-34(9)82/h18,43-72H,19-25H2,1-17H3/t43-,44-,45-,46-,47-,48-,49-,50-,51-,52-,53-,54-,55+,56+,57+,58+,59+,60+,61-,62-,63-,64-,65-,66-,67-,68-,69-,70-,71-,72-/m1/s1. The van der Waals surface area contributed by atoms with E-state index >= 15 is 0 Å². The van der Waals surface area contributed by atoms with Crippen molar-refractivity contribution in [2.75, 3.05) is 46.2 Å². The van der Waals surface area contributed by atoms with Crippen molar-refractivity contribution in [1.29, 1.82) is 0 Å². The topological polar surface area (TPSA) is 584 Å². The van der Waals surface area contributed by atoms with Crippen LogP contribution in [0.25, 0.3) is 0 Å². The van der Waals surface area contributed by atoms with Gasteiger partial charge in [0.25, 0.3) is 0 Å². The summed E-state index contributed by atoms with van der Waals surface area (Å²) in [6.07, 6.45) is -66.5. The lowest BCUT2D eigenvalue weighted by Gasteiger charge is -2.52. The highest BCUT2D eigenvalue weighted by Gasteiger charge is 2.65. The van der Waals surface area contributed by atoms with Crippen molar-refractivity contribution in [3.8, 4) is 0 Å². The minimum absolute atomic E-state index is 0.173. The second-order valence-electron chi connectivity index (χ2n) is 27.5. The second-order valence-corrected chi connectivity index (χ2v) is 27.5. The van der Waals surface area contributed by atoms with Gasteiger partial charge in [-0.3, -0.25) is 81.5 Å². The van der Waals surface area contributed by atoms with Crippen LogP contribution in [-0.4, -0.2) is 338 Å². The fourth-order valence-corrected chi connectivity index (χ4v) is 13.7. The zero-order chi connectivity index (χ0) is 89.0. The maximum absolute atomic E-state index is 13.8. The van der Waals surface area contributed by atoms with Crippen LogP contribution in [-0.2, 0) is 228 Å². The van der Waals surface area contributed by atoms with Crippen molar-refractivity contribution in [1.82, 2.24) is 0 Å². The summed E-state index contributed by atoms with van der Waals surface area (Å²) in [6, 6.07) is 0. The first-order chi connectivity index (χ1) is 56.4. The molecule has 22 heterocycles. The Kier molecular flexibility index (Phi) is 36.2. The summed E-state index contributed by atoms with van der Waals surface area (Å²) in [6.45, 7) is 7.44. The van der Waals surface area contributed by atoms with Crippen molar-refractivity contribution >= 4 is 108 Å². The Bertz CT molecular complexity index is 3660. The Hall–Kier alpha value is -9.86. The van der Waals surface area contributed by atoms with Gasteiger partial charge in [0, 0.05) is 118 Å². The minimum atomic E-state index is -2.39. The number of rotatable bonds is 26. The molecule has 0 aromatic rings. The molecule has 0 saturated carbocycles. The van der Waals surface area contributed by atoms with Crippen LogP contribution < -0.4 is 0 Å². The van der Waals surface area contributed by atoms with Crippen molar-refractivity contribution in [2.24, 2.45) is 0 Å². The lowest BCUT2D eigenvalue weighted by Crippen LogP contribution is -2.71. The van der Waals surface area contributed by atoms with Crippen LogP contribution in [0.2, 0.25) is 0 Å². The average molecular weight is 1730 g/mol. The highest BCUT2D eigenvalue weighted by atomic mass is 16.8. The molecule has 0 aromatic carbocycles. The van der Waals surface area contributed by atoms with Crippen LogP contribution in [0.1, 0.15) is 118 Å². The molecule has 0 amide bonds. The van der Waals surface area contributed by atoms with Gasteiger partial charge in [-0.25, -0.2) is 0 Å². The number of carbonyl (C=O) groups excluding carboxylic acids is 18. The van der Waals surface area contributed by atoms with Crippen LogP contribution >= 0.6 is 0 Å². The van der Waals surface area contributed by atoms with Crippen molar-refractivity contribution < 1.29 is 228 Å². The molecule has 22 aliphatic heterocycles. The van der Waals surface area contributed by atoms with Gasteiger partial charge in [-0.05, 0) is 0 Å². The fourth-order valence-electron chi connectivity index (χ4n) is 13.7. The molecule has 0 aliphatic carbocycles. The van der Waals surface area contributed by atoms with Gasteiger partial charge < -0.3 is 147 Å². The Balaban J connectivity index is 1.63. The molecule has 0 N–H and O–H groups in total. The van der Waals surface area contributed by atoms with Crippen molar-refractivity contribution in [2.45, 2.75) is 302 Å². The molecule has 672 valence electrons. The molecule has 30 atom stereocenters. The summed E-state index contributed by atoms with van der Waals surface area (Å²) < 4.78 is 183. The van der Waals surface area contributed by atoms with E-state index in [0.717, 1.165) is 118 Å². The first kappa shape index (κ1) is 97.3. The van der Waals surface area contributed by atoms with E-state index in [1.54, 1.807) is 0 Å². The fraction of sp³-hybridized carbons (Fsp3) is 0.750. The van der Waals surface area contributed by atoms with E-state index in [9.17, 15) is 86.3 Å². The third-order valence-electron chi connectivity index (χ3n) is 17.7. The number of hydrogen-bond acceptors (Lipinski definition) is 48. The van der Waals surface area contributed by atoms with E-state index in [2.05, 4.69) is 0 Å². The van der Waals surface area contributed by atoms with Crippen LogP contribution in [0.4, 0.5) is 0 Å². The largest absolute Gasteiger partial charge is 0.463 e. The monoisotopic (exact) mass is 1730 g/mol. The van der Waals surface area contributed by atoms with Crippen LogP contribution in [0, 0.1) is 0 Å². The van der Waals surface area contributed by atoms with Gasteiger partial charge in [0.1, 0.15) is 132 Å². The highest BCUT2D eigenvalue weighted by molar-refractivity contribution is 5.72. The Labute approximate surface area is 682 Å². The number of hydrogen-bond donors (Lipinski definition) is 0. The van der Waals surface area contributed by atoms with Crippen LogP contribution in [0.5, 0.6) is 0 Å². The summed E-state index contributed by atoms with van der Waals surface area (Å²) >= 11 is 0. The molecule has 0 radical (unpaired) electrons. The molecule has 22 aliphatic rings. The van der Waals surface area contributed by atoms with E-state index in [1.807, 2.05) is 0 Å². The first-order valence-corrected chi connectivity index (χ1v) is 37.0. The van der Waals surface area contributed by atoms with E-state index in [4.69, 9.17) is 142 Å². The zero-order valence-corrected chi connectivity index (χ0v) is 67.9. The van der Waals surface area contributed by atoms with Gasteiger partial charge in [0.2, 0.25) is 0 Å². The summed E-state index contributed by atoms with van der Waals surface area (Å²) in [5.41, 5.74) is 0. The number of carbonyl (C=O) groups is 18. The summed E-state index contributed by atoms with van der Waals surface area (Å²) in [5, 5.41) is 0. The first-order valence-electron chi connectivity index (χ1n) is 37.0. The smallest absolute Gasteiger partial charge is 0.303 e. The maximum atomic E-state index is 13.8. The third kappa shape index (κ3) is 27.6. The third-order valence-corrected chi connectivity index (χ3v) is 17.7. The van der Waals surface area contributed by atoms with Gasteiger partial charge in [-0.2, -0.15) is 0 Å². The molecule has 48 nitrogen and oxygen atoms in total. The molecular weight excluding hydrogens is 1630 g/mol. The second kappa shape index (κ2) is 44.6. The maximum Gasteiger partial charge on any atom is 0.303 e. The molecule has 0 unspecified atom stereocenters. The molecule has 22 saturated heterocycles. The van der Waals surface area contributed by atoms with Gasteiger partial charge in [0.15, 0.2) is 105 Å². The van der Waals surface area contributed by atoms with E-state index in [0.29, 0.717) is 0 Å². The van der Waals surface area contributed by atoms with Gasteiger partial charge in [0.05, 0.1) is 0 Å². The Morgan fingerprint density at radius 3 is 0.458 bits per heavy atom. The molecule has 0 spiro atoms. The molecular formula is C72H96O48. The summed E-state index contributed by atoms with van der Waals surface area (Å²) in [7, 11) is 0. The normalized spacial score (nSPS) is 34.7. The molecule has 120 heavy (non-hydrogen) atoms. The number of ether oxygens (including phenoxy) is 30.